The van der Waals surface area contributed by atoms with Gasteiger partial charge in [-0.1, -0.05) is 18.3 Å². The molecule has 21 heavy (non-hydrogen) atoms. The number of hydrogen-bond acceptors (Lipinski definition) is 6. The lowest BCUT2D eigenvalue weighted by Crippen LogP contribution is -2.32. The van der Waals surface area contributed by atoms with Crippen molar-refractivity contribution in [3.8, 4) is 0 Å². The predicted molar refractivity (Wildman–Crippen MR) is 92.5 cm³/mol. The molecule has 1 aromatic rings. The van der Waals surface area contributed by atoms with Gasteiger partial charge < -0.3 is 16.0 Å². The van der Waals surface area contributed by atoms with E-state index in [1.54, 1.807) is 0 Å². The molecule has 1 amide bonds. The highest BCUT2D eigenvalue weighted by Crippen LogP contribution is 2.30. The summed E-state index contributed by atoms with van der Waals surface area (Å²) in [4.78, 5) is 19.4. The van der Waals surface area contributed by atoms with Crippen LogP contribution in [-0.4, -0.2) is 41.5 Å². The van der Waals surface area contributed by atoms with Gasteiger partial charge in [-0.2, -0.15) is 11.8 Å². The predicted octanol–water partition coefficient (Wildman–Crippen LogP) is 2.59. The number of hydrogen-bond donors (Lipinski definition) is 2. The molecule has 0 radical (unpaired) electrons. The van der Waals surface area contributed by atoms with Gasteiger partial charge in [0.1, 0.15) is 10.7 Å². The lowest BCUT2D eigenvalue weighted by Gasteiger charge is -2.13. The fourth-order valence-electron chi connectivity index (χ4n) is 2.29. The second-order valence-corrected chi connectivity index (χ2v) is 7.64. The smallest absolute Gasteiger partial charge is 0.265 e. The maximum Gasteiger partial charge on any atom is 0.265 e. The van der Waals surface area contributed by atoms with Crippen LogP contribution in [0.1, 0.15) is 42.8 Å². The summed E-state index contributed by atoms with van der Waals surface area (Å²) in [6.07, 6.45) is 3.35. The van der Waals surface area contributed by atoms with Gasteiger partial charge in [-0.05, 0) is 37.7 Å². The molecule has 1 aromatic heterocycles. The summed E-state index contributed by atoms with van der Waals surface area (Å²) >= 11 is 3.30. The standard InChI is InChI=1S/C14H24N4OS2/c1-3-20-9-6-10(2)16-13(19)11-12(15)17-14(21-11)18-7-4-5-8-18/h10H,3-9,15H2,1-2H3,(H,16,19). The summed E-state index contributed by atoms with van der Waals surface area (Å²) in [6.45, 7) is 6.20. The molecule has 0 bridgehead atoms. The van der Waals surface area contributed by atoms with Crippen LogP contribution in [0, 0.1) is 0 Å². The molecule has 1 atom stereocenters. The Bertz CT molecular complexity index is 472. The van der Waals surface area contributed by atoms with E-state index in [-0.39, 0.29) is 11.9 Å². The zero-order valence-electron chi connectivity index (χ0n) is 12.7. The minimum atomic E-state index is -0.0931. The fraction of sp³-hybridized carbons (Fsp3) is 0.714. The minimum Gasteiger partial charge on any atom is -0.382 e. The Kier molecular flexibility index (Phi) is 6.17. The number of thioether (sulfide) groups is 1. The summed E-state index contributed by atoms with van der Waals surface area (Å²) in [6, 6.07) is 0.160. The molecule has 3 N–H and O–H groups in total. The van der Waals surface area contributed by atoms with Gasteiger partial charge in [-0.3, -0.25) is 4.79 Å². The van der Waals surface area contributed by atoms with Crippen molar-refractivity contribution < 1.29 is 4.79 Å². The molecule has 0 aliphatic carbocycles. The molecule has 5 nitrogen and oxygen atoms in total. The van der Waals surface area contributed by atoms with E-state index in [0.717, 1.165) is 36.1 Å². The highest BCUT2D eigenvalue weighted by molar-refractivity contribution is 7.99. The first kappa shape index (κ1) is 16.4. The second-order valence-electron chi connectivity index (χ2n) is 5.27. The van der Waals surface area contributed by atoms with Gasteiger partial charge >= 0.3 is 0 Å². The Morgan fingerprint density at radius 1 is 1.52 bits per heavy atom. The molecule has 0 aromatic carbocycles. The van der Waals surface area contributed by atoms with Crippen LogP contribution in [0.3, 0.4) is 0 Å². The van der Waals surface area contributed by atoms with E-state index < -0.39 is 0 Å². The molecule has 7 heteroatoms. The summed E-state index contributed by atoms with van der Waals surface area (Å²) in [5.74, 6) is 2.44. The maximum absolute atomic E-state index is 12.3. The average molecular weight is 329 g/mol. The number of nitrogens with one attached hydrogen (secondary N) is 1. The molecule has 118 valence electrons. The molecule has 1 fully saturated rings. The van der Waals surface area contributed by atoms with E-state index in [9.17, 15) is 4.79 Å². The first-order chi connectivity index (χ1) is 10.1. The van der Waals surface area contributed by atoms with Crippen LogP contribution in [0.4, 0.5) is 10.9 Å². The van der Waals surface area contributed by atoms with Crippen LogP contribution >= 0.6 is 23.1 Å². The topological polar surface area (TPSA) is 71.2 Å². The summed E-state index contributed by atoms with van der Waals surface area (Å²) in [5.41, 5.74) is 5.91. The van der Waals surface area contributed by atoms with E-state index in [1.807, 2.05) is 18.7 Å². The van der Waals surface area contributed by atoms with E-state index in [4.69, 9.17) is 5.73 Å². The average Bonchev–Trinajstić information content (AvgIpc) is 3.07. The number of carbonyl (C=O) groups excluding carboxylic acids is 1. The minimum absolute atomic E-state index is 0.0931. The van der Waals surface area contributed by atoms with Gasteiger partial charge in [-0.15, -0.1) is 0 Å². The van der Waals surface area contributed by atoms with Crippen molar-refractivity contribution in [1.29, 1.82) is 0 Å². The molecule has 2 heterocycles. The number of aromatic nitrogens is 1. The van der Waals surface area contributed by atoms with Crippen LogP contribution in [0.5, 0.6) is 0 Å². The fourth-order valence-corrected chi connectivity index (χ4v) is 4.04. The van der Waals surface area contributed by atoms with Gasteiger partial charge in [0.25, 0.3) is 5.91 Å². The van der Waals surface area contributed by atoms with E-state index in [2.05, 4.69) is 22.1 Å². The van der Waals surface area contributed by atoms with E-state index in [1.165, 1.54) is 24.2 Å². The SMILES string of the molecule is CCSCCC(C)NC(=O)c1sc(N2CCCC2)nc1N. The Labute approximate surface area is 134 Å². The second kappa shape index (κ2) is 7.89. The van der Waals surface area contributed by atoms with Crippen molar-refractivity contribution in [2.24, 2.45) is 0 Å². The number of amides is 1. The van der Waals surface area contributed by atoms with Gasteiger partial charge in [0.05, 0.1) is 0 Å². The summed E-state index contributed by atoms with van der Waals surface area (Å²) < 4.78 is 0. The molecule has 0 saturated carbocycles. The quantitative estimate of drug-likeness (QED) is 0.753. The zero-order chi connectivity index (χ0) is 15.2. The van der Waals surface area contributed by atoms with Gasteiger partial charge in [0.15, 0.2) is 5.13 Å². The highest BCUT2D eigenvalue weighted by Gasteiger charge is 2.22. The van der Waals surface area contributed by atoms with Gasteiger partial charge in [-0.25, -0.2) is 4.98 Å². The molecular weight excluding hydrogens is 304 g/mol. The Morgan fingerprint density at radius 3 is 2.90 bits per heavy atom. The molecule has 1 aliphatic rings. The van der Waals surface area contributed by atoms with Crippen LogP contribution < -0.4 is 16.0 Å². The first-order valence-corrected chi connectivity index (χ1v) is 9.48. The van der Waals surface area contributed by atoms with Crippen molar-refractivity contribution in [2.45, 2.75) is 39.2 Å². The number of nitrogens with two attached hydrogens (primary N) is 1. The van der Waals surface area contributed by atoms with Crippen molar-refractivity contribution in [1.82, 2.24) is 10.3 Å². The lowest BCUT2D eigenvalue weighted by atomic mass is 10.2. The lowest BCUT2D eigenvalue weighted by molar-refractivity contribution is 0.0944. The summed E-state index contributed by atoms with van der Waals surface area (Å²) in [5, 5.41) is 3.90. The van der Waals surface area contributed by atoms with E-state index >= 15 is 0 Å². The Morgan fingerprint density at radius 2 is 2.24 bits per heavy atom. The molecule has 1 aliphatic heterocycles. The van der Waals surface area contributed by atoms with Crippen molar-refractivity contribution in [3.63, 3.8) is 0 Å². The largest absolute Gasteiger partial charge is 0.382 e. The van der Waals surface area contributed by atoms with Crippen LogP contribution in [0.25, 0.3) is 0 Å². The Balaban J connectivity index is 1.92. The monoisotopic (exact) mass is 328 g/mol. The molecule has 2 rings (SSSR count). The van der Waals surface area contributed by atoms with Crippen LogP contribution in [0.2, 0.25) is 0 Å². The third-order valence-electron chi connectivity index (χ3n) is 3.50. The number of thiazole rings is 1. The first-order valence-electron chi connectivity index (χ1n) is 7.51. The number of nitrogen functional groups attached to an aromatic ring is 1. The van der Waals surface area contributed by atoms with Crippen molar-refractivity contribution in [3.05, 3.63) is 4.88 Å². The van der Waals surface area contributed by atoms with Gasteiger partial charge in [0.2, 0.25) is 0 Å². The number of rotatable bonds is 7. The third-order valence-corrected chi connectivity index (χ3v) is 5.57. The molecule has 0 spiro atoms. The molecule has 1 unspecified atom stereocenters. The Hall–Kier alpha value is -0.950. The van der Waals surface area contributed by atoms with E-state index in [0.29, 0.717) is 10.7 Å². The highest BCUT2D eigenvalue weighted by atomic mass is 32.2. The normalized spacial score (nSPS) is 16.2. The molecular formula is C14H24N4OS2. The number of anilines is 2. The number of carbonyl (C=O) groups is 1. The maximum atomic E-state index is 12.3. The third kappa shape index (κ3) is 4.51. The number of nitrogens with zero attached hydrogens (tertiary/aromatic N) is 2. The van der Waals surface area contributed by atoms with Gasteiger partial charge in [0, 0.05) is 19.1 Å². The van der Waals surface area contributed by atoms with Crippen LogP contribution in [-0.2, 0) is 0 Å². The molecule has 1 saturated heterocycles. The van der Waals surface area contributed by atoms with Crippen molar-refractivity contribution in [2.75, 3.05) is 35.2 Å². The van der Waals surface area contributed by atoms with Crippen LogP contribution in [0.15, 0.2) is 0 Å². The zero-order valence-corrected chi connectivity index (χ0v) is 14.4. The summed E-state index contributed by atoms with van der Waals surface area (Å²) in [7, 11) is 0. The van der Waals surface area contributed by atoms with Crippen molar-refractivity contribution >= 4 is 40.0 Å².